The van der Waals surface area contributed by atoms with E-state index >= 15 is 0 Å². The third kappa shape index (κ3) is 3.43. The highest BCUT2D eigenvalue weighted by molar-refractivity contribution is 7.20. The Balaban J connectivity index is 1.54. The third-order valence-corrected chi connectivity index (χ3v) is 5.98. The van der Waals surface area contributed by atoms with Crippen molar-refractivity contribution in [2.24, 2.45) is 0 Å². The summed E-state index contributed by atoms with van der Waals surface area (Å²) in [7, 11) is 0. The average molecular weight is 395 g/mol. The maximum absolute atomic E-state index is 12.8. The van der Waals surface area contributed by atoms with E-state index in [9.17, 15) is 9.59 Å². The van der Waals surface area contributed by atoms with Crippen molar-refractivity contribution in [1.82, 2.24) is 15.3 Å². The maximum atomic E-state index is 12.8. The molecule has 1 aliphatic rings. The molecule has 0 radical (unpaired) electrons. The van der Waals surface area contributed by atoms with Crippen LogP contribution in [0.15, 0.2) is 24.4 Å². The Morgan fingerprint density at radius 1 is 1.29 bits per heavy atom. The summed E-state index contributed by atoms with van der Waals surface area (Å²) in [6.07, 6.45) is 1.62. The van der Waals surface area contributed by atoms with Crippen LogP contribution < -0.4 is 15.5 Å². The fourth-order valence-corrected chi connectivity index (χ4v) is 4.70. The van der Waals surface area contributed by atoms with Crippen molar-refractivity contribution < 1.29 is 9.59 Å². The van der Waals surface area contributed by atoms with E-state index in [-0.39, 0.29) is 11.8 Å². The summed E-state index contributed by atoms with van der Waals surface area (Å²) < 4.78 is 0. The highest BCUT2D eigenvalue weighted by Gasteiger charge is 2.19. The minimum absolute atomic E-state index is 0.00944. The maximum Gasteiger partial charge on any atom is 0.266 e. The molecule has 0 bridgehead atoms. The van der Waals surface area contributed by atoms with Gasteiger partial charge in [0.1, 0.15) is 10.6 Å². The molecule has 0 unspecified atom stereocenters. The van der Waals surface area contributed by atoms with Gasteiger partial charge in [0.15, 0.2) is 0 Å². The molecule has 0 saturated carbocycles. The minimum Gasteiger partial charge on any atom is -0.353 e. The van der Waals surface area contributed by atoms with Crippen LogP contribution in [0.3, 0.4) is 0 Å². The molecule has 1 saturated heterocycles. The quantitative estimate of drug-likeness (QED) is 0.712. The number of pyridine rings is 2. The normalized spacial score (nSPS) is 14.2. The fourth-order valence-electron chi connectivity index (χ4n) is 3.50. The molecule has 28 heavy (non-hydrogen) atoms. The van der Waals surface area contributed by atoms with Crippen molar-refractivity contribution >= 4 is 44.9 Å². The lowest BCUT2D eigenvalue weighted by atomic mass is 10.1. The molecule has 7 nitrogen and oxygen atoms in total. The van der Waals surface area contributed by atoms with Gasteiger partial charge in [0.05, 0.1) is 23.3 Å². The van der Waals surface area contributed by atoms with E-state index in [2.05, 4.69) is 20.6 Å². The summed E-state index contributed by atoms with van der Waals surface area (Å²) in [6.45, 7) is 7.59. The van der Waals surface area contributed by atoms with E-state index < -0.39 is 0 Å². The molecule has 144 valence electrons. The molecular weight excluding hydrogens is 374 g/mol. The van der Waals surface area contributed by atoms with Gasteiger partial charge in [-0.25, -0.2) is 9.97 Å². The van der Waals surface area contributed by atoms with E-state index in [4.69, 9.17) is 0 Å². The van der Waals surface area contributed by atoms with Gasteiger partial charge in [0, 0.05) is 24.2 Å². The number of fused-ring (bicyclic) bond motifs is 1. The van der Waals surface area contributed by atoms with Gasteiger partial charge in [0.2, 0.25) is 5.91 Å². The molecule has 3 aromatic heterocycles. The van der Waals surface area contributed by atoms with Crippen LogP contribution >= 0.6 is 11.3 Å². The molecule has 2 N–H and O–H groups in total. The van der Waals surface area contributed by atoms with Crippen LogP contribution in [0.25, 0.3) is 10.2 Å². The highest BCUT2D eigenvalue weighted by Crippen LogP contribution is 2.32. The summed E-state index contributed by atoms with van der Waals surface area (Å²) in [6, 6.07) is 5.66. The number of piperazine rings is 1. The summed E-state index contributed by atoms with van der Waals surface area (Å²) in [5, 5.41) is 6.76. The molecule has 2 amide bonds. The highest BCUT2D eigenvalue weighted by atomic mass is 32.1. The zero-order chi connectivity index (χ0) is 19.8. The predicted molar refractivity (Wildman–Crippen MR) is 111 cm³/mol. The molecule has 0 aromatic carbocycles. The van der Waals surface area contributed by atoms with Crippen LogP contribution in [0.1, 0.15) is 26.5 Å². The number of hydrogen-bond acceptors (Lipinski definition) is 6. The molecular formula is C20H21N5O2S. The van der Waals surface area contributed by atoms with E-state index in [1.807, 2.05) is 43.9 Å². The minimum atomic E-state index is -0.163. The summed E-state index contributed by atoms with van der Waals surface area (Å²) >= 11 is 1.41. The molecule has 8 heteroatoms. The number of nitrogens with one attached hydrogen (secondary N) is 2. The standard InChI is InChI=1S/C20H21N5O2S/c1-11-8-12(2)23-20-17(11)13(3)18(28-20)19(27)24-14-4-5-15(22-9-14)25-7-6-21-16(26)10-25/h4-5,8-9H,6-7,10H2,1-3H3,(H,21,26)(H,24,27). The van der Waals surface area contributed by atoms with E-state index in [1.54, 1.807) is 6.20 Å². The first-order chi connectivity index (χ1) is 13.4. The SMILES string of the molecule is Cc1cc(C)c2c(C)c(C(=O)Nc3ccc(N4CCNC(=O)C4)nc3)sc2n1. The molecule has 1 aliphatic heterocycles. The lowest BCUT2D eigenvalue weighted by Gasteiger charge is -2.27. The van der Waals surface area contributed by atoms with E-state index in [1.165, 1.54) is 11.3 Å². The molecule has 3 aromatic rings. The number of carbonyl (C=O) groups excluding carboxylic acids is 2. The van der Waals surface area contributed by atoms with Gasteiger partial charge < -0.3 is 15.5 Å². The predicted octanol–water partition coefficient (Wildman–Crippen LogP) is 2.81. The zero-order valence-corrected chi connectivity index (χ0v) is 16.8. The second kappa shape index (κ2) is 7.20. The van der Waals surface area contributed by atoms with Gasteiger partial charge in [-0.2, -0.15) is 0 Å². The Labute approximate surface area is 166 Å². The van der Waals surface area contributed by atoms with Crippen molar-refractivity contribution in [3.8, 4) is 0 Å². The lowest BCUT2D eigenvalue weighted by Crippen LogP contribution is -2.48. The van der Waals surface area contributed by atoms with Crippen molar-refractivity contribution in [3.63, 3.8) is 0 Å². The molecule has 1 fully saturated rings. The Kier molecular flexibility index (Phi) is 4.72. The first kappa shape index (κ1) is 18.4. The Bertz CT molecular complexity index is 1070. The average Bonchev–Trinajstić information content (AvgIpc) is 2.99. The summed E-state index contributed by atoms with van der Waals surface area (Å²) in [5.41, 5.74) is 3.65. The second-order valence-corrected chi connectivity index (χ2v) is 7.95. The molecule has 0 atom stereocenters. The van der Waals surface area contributed by atoms with Crippen LogP contribution in [0.5, 0.6) is 0 Å². The first-order valence-corrected chi connectivity index (χ1v) is 9.90. The van der Waals surface area contributed by atoms with Gasteiger partial charge in [-0.1, -0.05) is 0 Å². The largest absolute Gasteiger partial charge is 0.353 e. The van der Waals surface area contributed by atoms with Gasteiger partial charge in [-0.05, 0) is 50.1 Å². The number of rotatable bonds is 3. The molecule has 4 rings (SSSR count). The first-order valence-electron chi connectivity index (χ1n) is 9.09. The van der Waals surface area contributed by atoms with Crippen molar-refractivity contribution in [2.45, 2.75) is 20.8 Å². The van der Waals surface area contributed by atoms with E-state index in [0.29, 0.717) is 23.7 Å². The lowest BCUT2D eigenvalue weighted by molar-refractivity contribution is -0.120. The van der Waals surface area contributed by atoms with Gasteiger partial charge in [-0.15, -0.1) is 11.3 Å². The summed E-state index contributed by atoms with van der Waals surface area (Å²) in [4.78, 5) is 36.8. The van der Waals surface area contributed by atoms with Crippen LogP contribution in [-0.4, -0.2) is 41.4 Å². The monoisotopic (exact) mass is 395 g/mol. The van der Waals surface area contributed by atoms with Gasteiger partial charge in [0.25, 0.3) is 5.91 Å². The van der Waals surface area contributed by atoms with Crippen LogP contribution in [0.2, 0.25) is 0 Å². The third-order valence-electron chi connectivity index (χ3n) is 4.80. The number of aryl methyl sites for hydroxylation is 3. The summed E-state index contributed by atoms with van der Waals surface area (Å²) in [5.74, 6) is 0.551. The van der Waals surface area contributed by atoms with Crippen LogP contribution in [0.4, 0.5) is 11.5 Å². The van der Waals surface area contributed by atoms with Crippen molar-refractivity contribution in [2.75, 3.05) is 29.9 Å². The topological polar surface area (TPSA) is 87.2 Å². The number of hydrogen-bond donors (Lipinski definition) is 2. The second-order valence-electron chi connectivity index (χ2n) is 6.95. The number of aromatic nitrogens is 2. The molecule has 0 spiro atoms. The smallest absolute Gasteiger partial charge is 0.266 e. The Morgan fingerprint density at radius 3 is 2.82 bits per heavy atom. The zero-order valence-electron chi connectivity index (χ0n) is 16.0. The number of amides is 2. The number of thiophene rings is 1. The van der Waals surface area contributed by atoms with Gasteiger partial charge >= 0.3 is 0 Å². The Morgan fingerprint density at radius 2 is 2.11 bits per heavy atom. The number of nitrogens with zero attached hydrogens (tertiary/aromatic N) is 3. The van der Waals surface area contributed by atoms with Crippen molar-refractivity contribution in [3.05, 3.63) is 46.1 Å². The number of anilines is 2. The van der Waals surface area contributed by atoms with E-state index in [0.717, 1.165) is 39.4 Å². The van der Waals surface area contributed by atoms with Crippen LogP contribution in [-0.2, 0) is 4.79 Å². The Hall–Kier alpha value is -3.00. The molecule has 4 heterocycles. The molecule has 0 aliphatic carbocycles. The van der Waals surface area contributed by atoms with Gasteiger partial charge in [-0.3, -0.25) is 9.59 Å². The van der Waals surface area contributed by atoms with Crippen molar-refractivity contribution in [1.29, 1.82) is 0 Å². The number of carbonyl (C=O) groups is 2. The van der Waals surface area contributed by atoms with Crippen LogP contribution in [0, 0.1) is 20.8 Å². The fraction of sp³-hybridized carbons (Fsp3) is 0.300.